The summed E-state index contributed by atoms with van der Waals surface area (Å²) in [6, 6.07) is 17.4. The molecule has 26 heavy (non-hydrogen) atoms. The Bertz CT molecular complexity index is 940. The number of likely N-dealkylation sites (tertiary alicyclic amines) is 1. The Labute approximate surface area is 153 Å². The van der Waals surface area contributed by atoms with Crippen molar-refractivity contribution < 1.29 is 9.47 Å². The maximum atomic E-state index is 5.77. The Morgan fingerprint density at radius 2 is 1.88 bits per heavy atom. The topological polar surface area (TPSA) is 34.6 Å². The monoisotopic (exact) mass is 346 g/mol. The summed E-state index contributed by atoms with van der Waals surface area (Å²) in [7, 11) is 0. The van der Waals surface area contributed by atoms with Crippen molar-refractivity contribution in [2.75, 3.05) is 19.8 Å². The third kappa shape index (κ3) is 2.90. The summed E-state index contributed by atoms with van der Waals surface area (Å²) in [6.07, 6.45) is 4.42. The van der Waals surface area contributed by atoms with Crippen LogP contribution in [-0.4, -0.2) is 29.6 Å². The molecule has 3 heterocycles. The molecule has 1 atom stereocenters. The minimum absolute atomic E-state index is 0.428. The van der Waals surface area contributed by atoms with Crippen LogP contribution in [0.15, 0.2) is 54.7 Å². The number of nitrogens with zero attached hydrogens (tertiary/aromatic N) is 2. The molecule has 4 heteroatoms. The van der Waals surface area contributed by atoms with Crippen LogP contribution < -0.4 is 9.47 Å². The second-order valence-corrected chi connectivity index (χ2v) is 7.07. The van der Waals surface area contributed by atoms with Gasteiger partial charge in [-0.25, -0.2) is 0 Å². The number of benzene rings is 2. The summed E-state index contributed by atoms with van der Waals surface area (Å²) in [6.45, 7) is 3.31. The second-order valence-electron chi connectivity index (χ2n) is 7.07. The normalized spacial score (nSPS) is 19.8. The van der Waals surface area contributed by atoms with Crippen LogP contribution in [0.3, 0.4) is 0 Å². The second kappa shape index (κ2) is 6.61. The predicted octanol–water partition coefficient (Wildman–Crippen LogP) is 4.34. The van der Waals surface area contributed by atoms with E-state index in [0.717, 1.165) is 30.1 Å². The van der Waals surface area contributed by atoms with Crippen LogP contribution in [0, 0.1) is 0 Å². The first-order valence-electron chi connectivity index (χ1n) is 9.34. The number of hydrogen-bond acceptors (Lipinski definition) is 4. The minimum atomic E-state index is 0.428. The molecule has 4 nitrogen and oxygen atoms in total. The quantitative estimate of drug-likeness (QED) is 0.706. The molecule has 0 saturated carbocycles. The number of hydrogen-bond donors (Lipinski definition) is 0. The standard InChI is InChI=1S/C22H22N2O2/c1-2-5-19-17(4-1)12-16(14-23-19)15-24-9-3-6-20(24)18-7-8-21-22(13-18)26-11-10-25-21/h1-2,4-5,7-8,12-14,20H,3,6,9-11,15H2. The van der Waals surface area contributed by atoms with Gasteiger partial charge in [0.05, 0.1) is 5.52 Å². The van der Waals surface area contributed by atoms with Crippen molar-refractivity contribution in [3.05, 3.63) is 65.9 Å². The molecule has 3 aromatic rings. The zero-order valence-corrected chi connectivity index (χ0v) is 14.7. The van der Waals surface area contributed by atoms with Gasteiger partial charge in [-0.15, -0.1) is 0 Å². The van der Waals surface area contributed by atoms with Crippen molar-refractivity contribution in [1.82, 2.24) is 9.88 Å². The highest BCUT2D eigenvalue weighted by molar-refractivity contribution is 5.78. The molecule has 2 aromatic carbocycles. The fourth-order valence-electron chi connectivity index (χ4n) is 4.10. The summed E-state index contributed by atoms with van der Waals surface area (Å²) in [5.74, 6) is 1.75. The Hall–Kier alpha value is -2.59. The van der Waals surface area contributed by atoms with Gasteiger partial charge in [0.15, 0.2) is 11.5 Å². The number of para-hydroxylation sites is 1. The zero-order valence-electron chi connectivity index (χ0n) is 14.7. The SMILES string of the molecule is c1ccc2ncc(CN3CCCC3c3ccc4c(c3)OCCO4)cc2c1. The van der Waals surface area contributed by atoms with Gasteiger partial charge in [0, 0.05) is 24.2 Å². The van der Waals surface area contributed by atoms with Crippen LogP contribution in [-0.2, 0) is 6.54 Å². The molecule has 1 saturated heterocycles. The van der Waals surface area contributed by atoms with Crippen LogP contribution in [0.25, 0.3) is 10.9 Å². The zero-order chi connectivity index (χ0) is 17.3. The molecule has 0 spiro atoms. The number of aromatic nitrogens is 1. The first-order chi connectivity index (χ1) is 12.9. The third-order valence-corrected chi connectivity index (χ3v) is 5.35. The van der Waals surface area contributed by atoms with E-state index in [2.05, 4.69) is 52.3 Å². The van der Waals surface area contributed by atoms with E-state index in [0.29, 0.717) is 19.3 Å². The predicted molar refractivity (Wildman–Crippen MR) is 102 cm³/mol. The first kappa shape index (κ1) is 15.6. The van der Waals surface area contributed by atoms with Gasteiger partial charge in [-0.05, 0) is 54.8 Å². The average molecular weight is 346 g/mol. The molecule has 2 aliphatic heterocycles. The van der Waals surface area contributed by atoms with E-state index < -0.39 is 0 Å². The maximum absolute atomic E-state index is 5.77. The lowest BCUT2D eigenvalue weighted by atomic mass is 10.0. The highest BCUT2D eigenvalue weighted by Gasteiger charge is 2.27. The van der Waals surface area contributed by atoms with Crippen LogP contribution in [0.4, 0.5) is 0 Å². The van der Waals surface area contributed by atoms with Gasteiger partial charge < -0.3 is 9.47 Å². The van der Waals surface area contributed by atoms with Crippen molar-refractivity contribution in [1.29, 1.82) is 0 Å². The first-order valence-corrected chi connectivity index (χ1v) is 9.34. The molecule has 0 radical (unpaired) electrons. The fraction of sp³-hybridized carbons (Fsp3) is 0.318. The van der Waals surface area contributed by atoms with Gasteiger partial charge in [0.25, 0.3) is 0 Å². The number of fused-ring (bicyclic) bond motifs is 2. The van der Waals surface area contributed by atoms with Gasteiger partial charge in [-0.1, -0.05) is 24.3 Å². The highest BCUT2D eigenvalue weighted by Crippen LogP contribution is 2.38. The molecule has 0 amide bonds. The third-order valence-electron chi connectivity index (χ3n) is 5.35. The van der Waals surface area contributed by atoms with Gasteiger partial charge in [-0.2, -0.15) is 0 Å². The van der Waals surface area contributed by atoms with Crippen LogP contribution >= 0.6 is 0 Å². The van der Waals surface area contributed by atoms with Crippen molar-refractivity contribution >= 4 is 10.9 Å². The fourth-order valence-corrected chi connectivity index (χ4v) is 4.10. The molecule has 1 unspecified atom stereocenters. The van der Waals surface area contributed by atoms with Gasteiger partial charge in [0.2, 0.25) is 0 Å². The molecule has 0 bridgehead atoms. The number of ether oxygens (including phenoxy) is 2. The Balaban J connectivity index is 1.39. The molecular formula is C22H22N2O2. The van der Waals surface area contributed by atoms with Crippen molar-refractivity contribution in [2.24, 2.45) is 0 Å². The molecule has 0 N–H and O–H groups in total. The summed E-state index contributed by atoms with van der Waals surface area (Å²) in [5, 5.41) is 1.21. The van der Waals surface area contributed by atoms with Gasteiger partial charge in [-0.3, -0.25) is 9.88 Å². The Kier molecular flexibility index (Phi) is 3.98. The lowest BCUT2D eigenvalue weighted by Crippen LogP contribution is -2.23. The largest absolute Gasteiger partial charge is 0.486 e. The molecule has 0 aliphatic carbocycles. The van der Waals surface area contributed by atoms with Gasteiger partial charge in [0.1, 0.15) is 13.2 Å². The van der Waals surface area contributed by atoms with E-state index in [1.165, 1.54) is 29.4 Å². The molecule has 132 valence electrons. The lowest BCUT2D eigenvalue weighted by molar-refractivity contribution is 0.170. The summed E-state index contributed by atoms with van der Waals surface area (Å²) in [4.78, 5) is 7.17. The smallest absolute Gasteiger partial charge is 0.161 e. The molecule has 2 aliphatic rings. The lowest BCUT2D eigenvalue weighted by Gasteiger charge is -2.26. The summed E-state index contributed by atoms with van der Waals surface area (Å²) < 4.78 is 11.4. The Morgan fingerprint density at radius 3 is 2.85 bits per heavy atom. The maximum Gasteiger partial charge on any atom is 0.161 e. The van der Waals surface area contributed by atoms with Crippen LogP contribution in [0.1, 0.15) is 30.0 Å². The van der Waals surface area contributed by atoms with Crippen molar-refractivity contribution in [3.8, 4) is 11.5 Å². The highest BCUT2D eigenvalue weighted by atomic mass is 16.6. The number of rotatable bonds is 3. The van der Waals surface area contributed by atoms with E-state index in [9.17, 15) is 0 Å². The van der Waals surface area contributed by atoms with E-state index in [1.54, 1.807) is 0 Å². The van der Waals surface area contributed by atoms with E-state index >= 15 is 0 Å². The number of pyridine rings is 1. The van der Waals surface area contributed by atoms with Crippen molar-refractivity contribution in [2.45, 2.75) is 25.4 Å². The average Bonchev–Trinajstić information content (AvgIpc) is 3.15. The molecule has 5 rings (SSSR count). The van der Waals surface area contributed by atoms with Crippen molar-refractivity contribution in [3.63, 3.8) is 0 Å². The summed E-state index contributed by atoms with van der Waals surface area (Å²) >= 11 is 0. The van der Waals surface area contributed by atoms with Crippen LogP contribution in [0.2, 0.25) is 0 Å². The molecule has 1 aromatic heterocycles. The van der Waals surface area contributed by atoms with E-state index in [4.69, 9.17) is 9.47 Å². The molecule has 1 fully saturated rings. The van der Waals surface area contributed by atoms with Crippen LogP contribution in [0.5, 0.6) is 11.5 Å². The summed E-state index contributed by atoms with van der Waals surface area (Å²) in [5.41, 5.74) is 3.65. The molecular weight excluding hydrogens is 324 g/mol. The minimum Gasteiger partial charge on any atom is -0.486 e. The van der Waals surface area contributed by atoms with Gasteiger partial charge >= 0.3 is 0 Å². The van der Waals surface area contributed by atoms with E-state index in [-0.39, 0.29) is 0 Å². The Morgan fingerprint density at radius 1 is 1.00 bits per heavy atom. The van der Waals surface area contributed by atoms with E-state index in [1.807, 2.05) is 12.3 Å².